The van der Waals surface area contributed by atoms with Gasteiger partial charge >= 0.3 is 6.09 Å². The third-order valence-corrected chi connectivity index (χ3v) is 9.81. The second-order valence-corrected chi connectivity index (χ2v) is 13.1. The molecule has 52 heavy (non-hydrogen) atoms. The molecule has 2 unspecified atom stereocenters. The van der Waals surface area contributed by atoms with Crippen LogP contribution in [0.3, 0.4) is 0 Å². The molecule has 0 saturated heterocycles. The number of amides is 5. The van der Waals surface area contributed by atoms with Crippen LogP contribution in [0.25, 0.3) is 0 Å². The highest BCUT2D eigenvalue weighted by Gasteiger charge is 2.38. The van der Waals surface area contributed by atoms with E-state index in [-0.39, 0.29) is 80.0 Å². The molecule has 0 radical (unpaired) electrons. The third kappa shape index (κ3) is 13.1. The lowest BCUT2D eigenvalue weighted by Crippen LogP contribution is -2.47. The minimum absolute atomic E-state index is 0.0154. The van der Waals surface area contributed by atoms with Gasteiger partial charge in [-0.15, -0.1) is 0 Å². The van der Waals surface area contributed by atoms with E-state index in [1.165, 1.54) is 0 Å². The highest BCUT2D eigenvalue weighted by atomic mass is 16.5. The zero-order valence-corrected chi connectivity index (χ0v) is 31.2. The highest BCUT2D eigenvalue weighted by molar-refractivity contribution is 5.91. The van der Waals surface area contributed by atoms with E-state index >= 15 is 0 Å². The van der Waals surface area contributed by atoms with Gasteiger partial charge < -0.3 is 46.5 Å². The highest BCUT2D eigenvalue weighted by Crippen LogP contribution is 2.50. The van der Waals surface area contributed by atoms with Crippen LogP contribution < -0.4 is 32.3 Å². The number of benzene rings is 1. The van der Waals surface area contributed by atoms with Crippen LogP contribution in [0.2, 0.25) is 0 Å². The van der Waals surface area contributed by atoms with Crippen molar-refractivity contribution in [3.05, 3.63) is 52.7 Å². The number of fused-ring (bicyclic) bond motifs is 3. The number of nitrogens with two attached hydrogens (primary N) is 1. The van der Waals surface area contributed by atoms with Gasteiger partial charge in [-0.3, -0.25) is 19.2 Å². The van der Waals surface area contributed by atoms with E-state index in [2.05, 4.69) is 26.6 Å². The molecule has 0 saturated carbocycles. The lowest BCUT2D eigenvalue weighted by Gasteiger charge is -2.31. The van der Waals surface area contributed by atoms with Gasteiger partial charge in [0, 0.05) is 74.6 Å². The molecule has 1 aromatic carbocycles. The molecule has 0 spiro atoms. The van der Waals surface area contributed by atoms with Crippen LogP contribution >= 0.6 is 0 Å². The van der Waals surface area contributed by atoms with Crippen LogP contribution in [-0.2, 0) is 33.4 Å². The van der Waals surface area contributed by atoms with E-state index in [0.29, 0.717) is 57.0 Å². The number of anilines is 1. The molecular weight excluding hydrogens is 668 g/mol. The SMILES string of the molecule is CCC(CC)(CC)NC(=O)OCC1C2=CC(NC(=O)CCCC(=O)NCCOCN)=CCC2c2ccc(NC(=O)CCCC(=O)NCCOC)cc21. The maximum absolute atomic E-state index is 13.1. The Morgan fingerprint density at radius 3 is 2.06 bits per heavy atom. The molecule has 0 aromatic heterocycles. The second kappa shape index (κ2) is 21.9. The summed E-state index contributed by atoms with van der Waals surface area (Å²) < 4.78 is 15.8. The number of rotatable bonds is 23. The van der Waals surface area contributed by atoms with Gasteiger partial charge in [0.15, 0.2) is 0 Å². The van der Waals surface area contributed by atoms with E-state index < -0.39 is 6.09 Å². The van der Waals surface area contributed by atoms with Gasteiger partial charge in [-0.1, -0.05) is 32.9 Å². The van der Waals surface area contributed by atoms with Gasteiger partial charge in [0.2, 0.25) is 23.6 Å². The maximum atomic E-state index is 13.1. The predicted octanol–water partition coefficient (Wildman–Crippen LogP) is 3.98. The average Bonchev–Trinajstić information content (AvgIpc) is 3.43. The number of carbonyl (C=O) groups excluding carboxylic acids is 5. The smallest absolute Gasteiger partial charge is 0.407 e. The molecule has 1 aromatic rings. The number of hydrogen-bond donors (Lipinski definition) is 6. The molecule has 2 aliphatic rings. The van der Waals surface area contributed by atoms with Crippen molar-refractivity contribution in [2.24, 2.45) is 5.73 Å². The zero-order chi connectivity index (χ0) is 37.9. The first-order valence-corrected chi connectivity index (χ1v) is 18.5. The summed E-state index contributed by atoms with van der Waals surface area (Å²) in [6, 6.07) is 5.78. The molecule has 3 rings (SSSR count). The summed E-state index contributed by atoms with van der Waals surface area (Å²) >= 11 is 0. The molecule has 7 N–H and O–H groups in total. The molecule has 0 bridgehead atoms. The van der Waals surface area contributed by atoms with Crippen molar-refractivity contribution in [1.82, 2.24) is 21.3 Å². The predicted molar refractivity (Wildman–Crippen MR) is 198 cm³/mol. The van der Waals surface area contributed by atoms with Crippen LogP contribution in [0.15, 0.2) is 41.6 Å². The van der Waals surface area contributed by atoms with Gasteiger partial charge in [0.05, 0.1) is 19.9 Å². The molecule has 288 valence electrons. The largest absolute Gasteiger partial charge is 0.449 e. The normalized spacial score (nSPS) is 16.1. The van der Waals surface area contributed by atoms with Crippen molar-refractivity contribution in [3.63, 3.8) is 0 Å². The first-order valence-electron chi connectivity index (χ1n) is 18.5. The van der Waals surface area contributed by atoms with Crippen LogP contribution in [-0.4, -0.2) is 82.0 Å². The van der Waals surface area contributed by atoms with Crippen LogP contribution in [0.5, 0.6) is 0 Å². The Bertz CT molecular complexity index is 1430. The fourth-order valence-electron chi connectivity index (χ4n) is 6.60. The van der Waals surface area contributed by atoms with Crippen molar-refractivity contribution in [1.29, 1.82) is 0 Å². The van der Waals surface area contributed by atoms with Crippen LogP contribution in [0, 0.1) is 0 Å². The number of nitrogens with one attached hydrogen (secondary N) is 5. The van der Waals surface area contributed by atoms with E-state index in [1.54, 1.807) is 7.11 Å². The maximum Gasteiger partial charge on any atom is 0.407 e. The molecule has 2 aliphatic carbocycles. The summed E-state index contributed by atoms with van der Waals surface area (Å²) in [4.78, 5) is 62.8. The summed E-state index contributed by atoms with van der Waals surface area (Å²) in [7, 11) is 1.56. The zero-order valence-electron chi connectivity index (χ0n) is 31.2. The van der Waals surface area contributed by atoms with Gasteiger partial charge in [-0.2, -0.15) is 0 Å². The first-order chi connectivity index (χ1) is 25.1. The Morgan fingerprint density at radius 2 is 1.44 bits per heavy atom. The quantitative estimate of drug-likeness (QED) is 0.0713. The number of hydrogen-bond acceptors (Lipinski definition) is 9. The molecule has 0 aliphatic heterocycles. The Hall–Kier alpha value is -4.27. The Morgan fingerprint density at radius 1 is 0.827 bits per heavy atom. The number of alkyl carbamates (subject to hydrolysis) is 1. The Kier molecular flexibility index (Phi) is 17.8. The fourth-order valence-corrected chi connectivity index (χ4v) is 6.60. The van der Waals surface area contributed by atoms with Gasteiger partial charge in [0.25, 0.3) is 0 Å². The number of methoxy groups -OCH3 is 1. The monoisotopic (exact) mass is 726 g/mol. The molecule has 2 atom stereocenters. The van der Waals surface area contributed by atoms with Gasteiger partial charge in [-0.05, 0) is 73.4 Å². The van der Waals surface area contributed by atoms with E-state index in [0.717, 1.165) is 36.0 Å². The summed E-state index contributed by atoms with van der Waals surface area (Å²) in [6.07, 6.45) is 8.03. The number of allylic oxidation sites excluding steroid dienone is 2. The van der Waals surface area contributed by atoms with Crippen molar-refractivity contribution in [2.45, 2.75) is 102 Å². The summed E-state index contributed by atoms with van der Waals surface area (Å²) in [5, 5.41) is 14.5. The van der Waals surface area contributed by atoms with E-state index in [1.807, 2.05) is 51.1 Å². The topological polar surface area (TPSA) is 199 Å². The average molecular weight is 727 g/mol. The van der Waals surface area contributed by atoms with Crippen molar-refractivity contribution in [3.8, 4) is 0 Å². The lowest BCUT2D eigenvalue weighted by atomic mass is 9.87. The standard InChI is InChI=1S/C38H58N6O8/c1-5-38(6-2,7-3)44-37(49)52-24-32-30-22-26(42-35(47)12-8-10-33(45)40-18-20-50-4)14-16-28(30)29-17-15-27(23-31(29)32)43-36(48)13-9-11-34(46)41-19-21-51-25-39/h14-16,22-23,29,32H,5-13,17-21,24-25,39H2,1-4H3,(H,40,45)(H,41,46)(H,42,47)(H,43,48)(H,44,49). The minimum Gasteiger partial charge on any atom is -0.449 e. The summed E-state index contributed by atoms with van der Waals surface area (Å²) in [5.41, 5.74) is 9.21. The summed E-state index contributed by atoms with van der Waals surface area (Å²) in [6.45, 7) is 7.85. The number of ether oxygens (including phenoxy) is 3. The molecule has 14 heteroatoms. The van der Waals surface area contributed by atoms with Crippen molar-refractivity contribution in [2.75, 3.05) is 52.1 Å². The van der Waals surface area contributed by atoms with Gasteiger partial charge in [-0.25, -0.2) is 4.79 Å². The summed E-state index contributed by atoms with van der Waals surface area (Å²) in [5.74, 6) is -0.970. The molecular formula is C38H58N6O8. The lowest BCUT2D eigenvalue weighted by molar-refractivity contribution is -0.123. The van der Waals surface area contributed by atoms with Crippen molar-refractivity contribution >= 4 is 35.4 Å². The Balaban J connectivity index is 1.69. The number of carbonyl (C=O) groups is 5. The van der Waals surface area contributed by atoms with Crippen LogP contribution in [0.1, 0.15) is 108 Å². The third-order valence-electron chi connectivity index (χ3n) is 9.81. The molecule has 0 fully saturated rings. The molecule has 5 amide bonds. The second-order valence-electron chi connectivity index (χ2n) is 13.1. The van der Waals surface area contributed by atoms with Crippen molar-refractivity contribution < 1.29 is 38.2 Å². The van der Waals surface area contributed by atoms with Gasteiger partial charge in [0.1, 0.15) is 6.61 Å². The fraction of sp³-hybridized carbons (Fsp3) is 0.605. The first kappa shape index (κ1) is 42.1. The molecule has 14 nitrogen and oxygen atoms in total. The Labute approximate surface area is 307 Å². The minimum atomic E-state index is -0.484. The van der Waals surface area contributed by atoms with E-state index in [4.69, 9.17) is 19.9 Å². The molecule has 0 heterocycles. The van der Waals surface area contributed by atoms with E-state index in [9.17, 15) is 24.0 Å². The van der Waals surface area contributed by atoms with Crippen LogP contribution in [0.4, 0.5) is 10.5 Å².